The molecule has 1 aliphatic heterocycles. The third kappa shape index (κ3) is 4.16. The van der Waals surface area contributed by atoms with Crippen molar-refractivity contribution in [1.29, 1.82) is 0 Å². The topological polar surface area (TPSA) is 104 Å². The molecule has 3 aromatic rings. The van der Waals surface area contributed by atoms with Crippen LogP contribution in [0.2, 0.25) is 0 Å². The Kier molecular flexibility index (Phi) is 5.71. The summed E-state index contributed by atoms with van der Waals surface area (Å²) in [5.41, 5.74) is 0.782. The van der Waals surface area contributed by atoms with Gasteiger partial charge < -0.3 is 18.7 Å². The molecule has 0 saturated carbocycles. The first-order chi connectivity index (χ1) is 14.5. The summed E-state index contributed by atoms with van der Waals surface area (Å²) >= 11 is 0. The van der Waals surface area contributed by atoms with Crippen molar-refractivity contribution in [3.05, 3.63) is 54.4 Å². The third-order valence-corrected chi connectivity index (χ3v) is 6.47. The van der Waals surface area contributed by atoms with E-state index in [-0.39, 0.29) is 30.7 Å². The largest absolute Gasteiger partial charge is 0.497 e. The van der Waals surface area contributed by atoms with Crippen LogP contribution in [0, 0.1) is 0 Å². The summed E-state index contributed by atoms with van der Waals surface area (Å²) in [5, 5.41) is 3.91. The van der Waals surface area contributed by atoms with Crippen LogP contribution in [0.1, 0.15) is 5.89 Å². The molecule has 0 bridgehead atoms. The number of rotatable bonds is 8. The van der Waals surface area contributed by atoms with E-state index in [0.29, 0.717) is 23.2 Å². The van der Waals surface area contributed by atoms with Gasteiger partial charge in [0.05, 0.1) is 25.1 Å². The molecule has 30 heavy (non-hydrogen) atoms. The van der Waals surface area contributed by atoms with Crippen molar-refractivity contribution in [2.75, 3.05) is 27.3 Å². The lowest BCUT2D eigenvalue weighted by molar-refractivity contribution is 0.0762. The van der Waals surface area contributed by atoms with Crippen molar-refractivity contribution in [3.8, 4) is 22.9 Å². The van der Waals surface area contributed by atoms with Crippen molar-refractivity contribution in [2.45, 2.75) is 17.6 Å². The lowest BCUT2D eigenvalue weighted by atomic mass is 10.2. The lowest BCUT2D eigenvalue weighted by Gasteiger charge is -2.37. The van der Waals surface area contributed by atoms with Crippen molar-refractivity contribution in [3.63, 3.8) is 0 Å². The molecular weight excluding hydrogens is 410 g/mol. The zero-order valence-electron chi connectivity index (χ0n) is 16.5. The van der Waals surface area contributed by atoms with Gasteiger partial charge in [0.25, 0.3) is 5.89 Å². The van der Waals surface area contributed by atoms with Crippen LogP contribution in [-0.2, 0) is 21.4 Å². The smallest absolute Gasteiger partial charge is 0.252 e. The zero-order valence-corrected chi connectivity index (χ0v) is 17.3. The van der Waals surface area contributed by atoms with Gasteiger partial charge in [-0.05, 0) is 36.4 Å². The number of benzene rings is 2. The van der Waals surface area contributed by atoms with E-state index in [2.05, 4.69) is 10.1 Å². The van der Waals surface area contributed by atoms with Crippen LogP contribution in [0.4, 0.5) is 0 Å². The first kappa shape index (κ1) is 20.3. The number of methoxy groups -OCH3 is 2. The molecule has 2 heterocycles. The van der Waals surface area contributed by atoms with E-state index in [0.717, 1.165) is 5.56 Å². The quantitative estimate of drug-likeness (QED) is 0.535. The maximum Gasteiger partial charge on any atom is 0.252 e. The van der Waals surface area contributed by atoms with Gasteiger partial charge in [0.15, 0.2) is 0 Å². The van der Waals surface area contributed by atoms with E-state index in [1.807, 2.05) is 12.1 Å². The highest BCUT2D eigenvalue weighted by atomic mass is 32.2. The number of nitrogens with zero attached hydrogens (tertiary/aromatic N) is 3. The van der Waals surface area contributed by atoms with Gasteiger partial charge in [-0.15, -0.1) is 0 Å². The summed E-state index contributed by atoms with van der Waals surface area (Å²) in [5.74, 6) is 2.01. The number of hydrogen-bond donors (Lipinski definition) is 0. The van der Waals surface area contributed by atoms with Crippen LogP contribution in [0.3, 0.4) is 0 Å². The molecule has 0 unspecified atom stereocenters. The highest BCUT2D eigenvalue weighted by molar-refractivity contribution is 7.89. The van der Waals surface area contributed by atoms with Crippen molar-refractivity contribution in [1.82, 2.24) is 14.4 Å². The number of ether oxygens (including phenoxy) is 3. The maximum atomic E-state index is 12.7. The first-order valence-electron chi connectivity index (χ1n) is 9.22. The van der Waals surface area contributed by atoms with Crippen molar-refractivity contribution >= 4 is 10.0 Å². The third-order valence-electron chi connectivity index (χ3n) is 4.64. The number of aromatic nitrogens is 2. The second-order valence-corrected chi connectivity index (χ2v) is 8.65. The second-order valence-electron chi connectivity index (χ2n) is 6.71. The van der Waals surface area contributed by atoms with E-state index in [1.165, 1.54) is 17.5 Å². The summed E-state index contributed by atoms with van der Waals surface area (Å²) < 4.78 is 47.8. The predicted octanol–water partition coefficient (Wildman–Crippen LogP) is 2.34. The molecule has 0 radical (unpaired) electrons. The summed E-state index contributed by atoms with van der Waals surface area (Å²) in [6.07, 6.45) is -0.213. The molecule has 0 N–H and O–H groups in total. The van der Waals surface area contributed by atoms with Crippen LogP contribution in [-0.4, -0.2) is 56.3 Å². The second kappa shape index (κ2) is 8.42. The average molecular weight is 431 g/mol. The number of sulfonamides is 1. The lowest BCUT2D eigenvalue weighted by Crippen LogP contribution is -2.55. The van der Waals surface area contributed by atoms with Gasteiger partial charge in [0, 0.05) is 18.7 Å². The Balaban J connectivity index is 1.35. The fourth-order valence-electron chi connectivity index (χ4n) is 3.01. The average Bonchev–Trinajstić information content (AvgIpc) is 3.19. The summed E-state index contributed by atoms with van der Waals surface area (Å²) in [6.45, 7) is 0.823. The standard InChI is InChI=1S/C20H21N3O6S/c1-26-13-19-21-20(22-29-19)14-6-8-15(9-7-14)28-17-11-23(12-17)30(24,25)18-5-3-4-16(10-18)27-2/h3-10,17H,11-13H2,1-2H3. The molecule has 158 valence electrons. The fraction of sp³-hybridized carbons (Fsp3) is 0.300. The summed E-state index contributed by atoms with van der Waals surface area (Å²) in [4.78, 5) is 4.45. The Bertz CT molecular complexity index is 1110. The Morgan fingerprint density at radius 1 is 1.10 bits per heavy atom. The minimum absolute atomic E-state index is 0.206. The molecule has 1 aromatic heterocycles. The van der Waals surface area contributed by atoms with Gasteiger partial charge in [-0.1, -0.05) is 11.2 Å². The van der Waals surface area contributed by atoms with Gasteiger partial charge in [0.1, 0.15) is 24.2 Å². The number of hydrogen-bond acceptors (Lipinski definition) is 8. The highest BCUT2D eigenvalue weighted by Gasteiger charge is 2.38. The zero-order chi connectivity index (χ0) is 21.1. The van der Waals surface area contributed by atoms with Crippen LogP contribution in [0.5, 0.6) is 11.5 Å². The molecule has 1 fully saturated rings. The van der Waals surface area contributed by atoms with Gasteiger partial charge in [0.2, 0.25) is 15.8 Å². The summed E-state index contributed by atoms with van der Waals surface area (Å²) in [6, 6.07) is 13.7. The van der Waals surface area contributed by atoms with Crippen molar-refractivity contribution in [2.24, 2.45) is 0 Å². The van der Waals surface area contributed by atoms with Gasteiger partial charge >= 0.3 is 0 Å². The molecule has 4 rings (SSSR count). The SMILES string of the molecule is COCc1nc(-c2ccc(OC3CN(S(=O)(=O)c4cccc(OC)c4)C3)cc2)no1. The van der Waals surface area contributed by atoms with Crippen molar-refractivity contribution < 1.29 is 27.2 Å². The van der Waals surface area contributed by atoms with Crippen LogP contribution in [0.15, 0.2) is 57.9 Å². The van der Waals surface area contributed by atoms with E-state index >= 15 is 0 Å². The van der Waals surface area contributed by atoms with Gasteiger partial charge in [-0.25, -0.2) is 8.42 Å². The Labute approximate surface area is 174 Å². The van der Waals surface area contributed by atoms with Crippen LogP contribution >= 0.6 is 0 Å². The van der Waals surface area contributed by atoms with E-state index in [9.17, 15) is 8.42 Å². The van der Waals surface area contributed by atoms with Crippen LogP contribution < -0.4 is 9.47 Å². The van der Waals surface area contributed by atoms with E-state index in [1.54, 1.807) is 37.4 Å². The molecule has 0 aliphatic carbocycles. The molecule has 1 saturated heterocycles. The fourth-order valence-corrected chi connectivity index (χ4v) is 4.55. The Morgan fingerprint density at radius 3 is 2.57 bits per heavy atom. The van der Waals surface area contributed by atoms with Gasteiger partial charge in [-0.3, -0.25) is 0 Å². The Morgan fingerprint density at radius 2 is 1.87 bits per heavy atom. The summed E-state index contributed by atoms with van der Waals surface area (Å²) in [7, 11) is -0.512. The monoisotopic (exact) mass is 431 g/mol. The molecule has 1 aliphatic rings. The minimum atomic E-state index is -3.57. The molecule has 9 nitrogen and oxygen atoms in total. The molecule has 0 amide bonds. The van der Waals surface area contributed by atoms with E-state index in [4.69, 9.17) is 18.7 Å². The first-order valence-corrected chi connectivity index (χ1v) is 10.7. The molecule has 0 atom stereocenters. The normalized spacial score (nSPS) is 15.0. The molecule has 10 heteroatoms. The maximum absolute atomic E-state index is 12.7. The molecular formula is C20H21N3O6S. The van der Waals surface area contributed by atoms with Gasteiger partial charge in [-0.2, -0.15) is 9.29 Å². The highest BCUT2D eigenvalue weighted by Crippen LogP contribution is 2.27. The minimum Gasteiger partial charge on any atom is -0.497 e. The van der Waals surface area contributed by atoms with Crippen LogP contribution in [0.25, 0.3) is 11.4 Å². The Hall–Kier alpha value is -2.95. The molecule has 0 spiro atoms. The van der Waals surface area contributed by atoms with E-state index < -0.39 is 10.0 Å². The predicted molar refractivity (Wildman–Crippen MR) is 107 cm³/mol. The molecule has 2 aromatic carbocycles.